The van der Waals surface area contributed by atoms with Crippen molar-refractivity contribution in [2.24, 2.45) is 0 Å². The van der Waals surface area contributed by atoms with Crippen molar-refractivity contribution in [3.63, 3.8) is 0 Å². The molecule has 0 N–H and O–H groups in total. The van der Waals surface area contributed by atoms with Gasteiger partial charge in [0.05, 0.1) is 0 Å². The summed E-state index contributed by atoms with van der Waals surface area (Å²) in [6, 6.07) is 0. The topological polar surface area (TPSA) is 34.1 Å². The van der Waals surface area contributed by atoms with Gasteiger partial charge in [0.15, 0.2) is 11.6 Å². The second-order valence-electron chi connectivity index (χ2n) is 4.49. The van der Waals surface area contributed by atoms with Crippen LogP contribution in [0.3, 0.4) is 0 Å². The third-order valence-electron chi connectivity index (χ3n) is 3.24. The van der Waals surface area contributed by atoms with Gasteiger partial charge < -0.3 is 0 Å². The van der Waals surface area contributed by atoms with E-state index in [1.54, 1.807) is 26.8 Å². The van der Waals surface area contributed by atoms with E-state index in [1.807, 2.05) is 6.08 Å². The van der Waals surface area contributed by atoms with Crippen LogP contribution in [-0.2, 0) is 9.59 Å². The van der Waals surface area contributed by atoms with Gasteiger partial charge in [-0.05, 0) is 27.2 Å². The number of carbonyl (C=O) groups excluding carboxylic acids is 2. The van der Waals surface area contributed by atoms with Gasteiger partial charge in [-0.2, -0.15) is 0 Å². The molecule has 92 valence electrons. The van der Waals surface area contributed by atoms with Crippen molar-refractivity contribution in [1.29, 1.82) is 0 Å². The number of allylic oxidation sites excluding steroid dienone is 6. The molecule has 0 bridgehead atoms. The maximum Gasteiger partial charge on any atom is 0.189 e. The van der Waals surface area contributed by atoms with E-state index in [4.69, 9.17) is 0 Å². The van der Waals surface area contributed by atoms with Gasteiger partial charge in [-0.3, -0.25) is 9.59 Å². The number of hydrogen-bond donors (Lipinski definition) is 0. The highest BCUT2D eigenvalue weighted by atomic mass is 16.1. The molecule has 0 radical (unpaired) electrons. The Labute approximate surface area is 103 Å². The van der Waals surface area contributed by atoms with Crippen molar-refractivity contribution in [1.82, 2.24) is 0 Å². The SMILES string of the molecule is CCCC/C=C\C1=C(C)C(=O)C(C)=C(C)C1=O. The van der Waals surface area contributed by atoms with Gasteiger partial charge in [-0.15, -0.1) is 0 Å². The molecule has 0 amide bonds. The number of Topliss-reactive ketones (excluding diaryl/α,β-unsaturated/α-hetero) is 2. The molecular weight excluding hydrogens is 212 g/mol. The number of unbranched alkanes of at least 4 members (excludes halogenated alkanes) is 2. The molecule has 0 heterocycles. The number of ketones is 2. The van der Waals surface area contributed by atoms with E-state index in [-0.39, 0.29) is 11.6 Å². The standard InChI is InChI=1S/C15H20O2/c1-5-6-7-8-9-13-12(4)14(16)10(2)11(3)15(13)17/h8-9H,5-7H2,1-4H3/b9-8-. The molecule has 1 rings (SSSR count). The first-order chi connectivity index (χ1) is 8.00. The van der Waals surface area contributed by atoms with Crippen molar-refractivity contribution < 1.29 is 9.59 Å². The Bertz CT molecular complexity index is 434. The Morgan fingerprint density at radius 3 is 2.12 bits per heavy atom. The fourth-order valence-electron chi connectivity index (χ4n) is 1.84. The van der Waals surface area contributed by atoms with Crippen molar-refractivity contribution in [3.05, 3.63) is 34.4 Å². The highest BCUT2D eigenvalue weighted by Gasteiger charge is 2.25. The number of carbonyl (C=O) groups is 2. The maximum absolute atomic E-state index is 12.0. The molecule has 1 aliphatic carbocycles. The summed E-state index contributed by atoms with van der Waals surface area (Å²) < 4.78 is 0. The lowest BCUT2D eigenvalue weighted by molar-refractivity contribution is -0.116. The molecule has 1 aliphatic rings. The molecule has 0 atom stereocenters. The van der Waals surface area contributed by atoms with Crippen molar-refractivity contribution in [3.8, 4) is 0 Å². The molecular formula is C15H20O2. The Hall–Kier alpha value is -1.44. The third kappa shape index (κ3) is 2.82. The van der Waals surface area contributed by atoms with E-state index in [0.29, 0.717) is 22.3 Å². The molecule has 0 unspecified atom stereocenters. The van der Waals surface area contributed by atoms with Crippen LogP contribution in [0.25, 0.3) is 0 Å². The molecule has 2 heteroatoms. The van der Waals surface area contributed by atoms with E-state index in [0.717, 1.165) is 19.3 Å². The van der Waals surface area contributed by atoms with Gasteiger partial charge >= 0.3 is 0 Å². The van der Waals surface area contributed by atoms with Crippen LogP contribution in [0.1, 0.15) is 47.0 Å². The summed E-state index contributed by atoms with van der Waals surface area (Å²) in [5.74, 6) is -0.00964. The van der Waals surface area contributed by atoms with Crippen LogP contribution in [0, 0.1) is 0 Å². The molecule has 2 nitrogen and oxygen atoms in total. The third-order valence-corrected chi connectivity index (χ3v) is 3.24. The molecule has 0 spiro atoms. The second kappa shape index (κ2) is 5.76. The first-order valence-electron chi connectivity index (χ1n) is 6.15. The Balaban J connectivity index is 2.95. The summed E-state index contributed by atoms with van der Waals surface area (Å²) in [5, 5.41) is 0. The van der Waals surface area contributed by atoms with Crippen molar-refractivity contribution >= 4 is 11.6 Å². The van der Waals surface area contributed by atoms with E-state index < -0.39 is 0 Å². The summed E-state index contributed by atoms with van der Waals surface area (Å²) in [7, 11) is 0. The largest absolute Gasteiger partial charge is 0.289 e. The Kier molecular flexibility index (Phi) is 4.62. The van der Waals surface area contributed by atoms with Crippen LogP contribution >= 0.6 is 0 Å². The van der Waals surface area contributed by atoms with E-state index in [1.165, 1.54) is 0 Å². The van der Waals surface area contributed by atoms with Gasteiger partial charge in [0.25, 0.3) is 0 Å². The summed E-state index contributed by atoms with van der Waals surface area (Å²) in [4.78, 5) is 23.9. The fourth-order valence-corrected chi connectivity index (χ4v) is 1.84. The van der Waals surface area contributed by atoms with Gasteiger partial charge in [-0.1, -0.05) is 31.9 Å². The van der Waals surface area contributed by atoms with Gasteiger partial charge in [-0.25, -0.2) is 0 Å². The number of rotatable bonds is 4. The van der Waals surface area contributed by atoms with Crippen molar-refractivity contribution in [2.45, 2.75) is 47.0 Å². The maximum atomic E-state index is 12.0. The summed E-state index contributed by atoms with van der Waals surface area (Å²) in [6.45, 7) is 7.30. The first kappa shape index (κ1) is 13.6. The van der Waals surface area contributed by atoms with Crippen LogP contribution in [-0.4, -0.2) is 11.6 Å². The highest BCUT2D eigenvalue weighted by Crippen LogP contribution is 2.24. The molecule has 0 aromatic rings. The highest BCUT2D eigenvalue weighted by molar-refractivity contribution is 6.25. The van der Waals surface area contributed by atoms with Crippen LogP contribution in [0.2, 0.25) is 0 Å². The molecule has 0 saturated carbocycles. The normalized spacial score (nSPS) is 17.6. The van der Waals surface area contributed by atoms with Crippen molar-refractivity contribution in [2.75, 3.05) is 0 Å². The predicted molar refractivity (Wildman–Crippen MR) is 69.8 cm³/mol. The average molecular weight is 232 g/mol. The van der Waals surface area contributed by atoms with Crippen LogP contribution in [0.4, 0.5) is 0 Å². The lowest BCUT2D eigenvalue weighted by Crippen LogP contribution is -2.19. The minimum atomic E-state index is -0.00708. The lowest BCUT2D eigenvalue weighted by Gasteiger charge is -2.16. The predicted octanol–water partition coefficient (Wildman–Crippen LogP) is 3.54. The summed E-state index contributed by atoms with van der Waals surface area (Å²) in [6.07, 6.45) is 6.99. The Morgan fingerprint density at radius 2 is 1.53 bits per heavy atom. The second-order valence-corrected chi connectivity index (χ2v) is 4.49. The minimum Gasteiger partial charge on any atom is -0.289 e. The quantitative estimate of drug-likeness (QED) is 0.549. The van der Waals surface area contributed by atoms with Gasteiger partial charge in [0.2, 0.25) is 0 Å². The molecule has 0 aromatic heterocycles. The van der Waals surface area contributed by atoms with E-state index >= 15 is 0 Å². The zero-order chi connectivity index (χ0) is 13.0. The first-order valence-corrected chi connectivity index (χ1v) is 6.15. The van der Waals surface area contributed by atoms with Gasteiger partial charge in [0, 0.05) is 22.3 Å². The smallest absolute Gasteiger partial charge is 0.189 e. The Morgan fingerprint density at radius 1 is 0.941 bits per heavy atom. The van der Waals surface area contributed by atoms with Gasteiger partial charge in [0.1, 0.15) is 0 Å². The molecule has 0 fully saturated rings. The molecule has 17 heavy (non-hydrogen) atoms. The molecule has 0 aromatic carbocycles. The summed E-state index contributed by atoms with van der Waals surface area (Å²) in [5.41, 5.74) is 2.30. The lowest BCUT2D eigenvalue weighted by atomic mass is 9.86. The van der Waals surface area contributed by atoms with Crippen LogP contribution in [0.5, 0.6) is 0 Å². The zero-order valence-corrected chi connectivity index (χ0v) is 11.1. The van der Waals surface area contributed by atoms with Crippen LogP contribution < -0.4 is 0 Å². The molecule has 0 saturated heterocycles. The average Bonchev–Trinajstić information content (AvgIpc) is 2.33. The molecule has 0 aliphatic heterocycles. The fraction of sp³-hybridized carbons (Fsp3) is 0.467. The van der Waals surface area contributed by atoms with E-state index in [2.05, 4.69) is 6.92 Å². The summed E-state index contributed by atoms with van der Waals surface area (Å²) >= 11 is 0. The van der Waals surface area contributed by atoms with E-state index in [9.17, 15) is 9.59 Å². The zero-order valence-electron chi connectivity index (χ0n) is 11.1. The van der Waals surface area contributed by atoms with Crippen LogP contribution in [0.15, 0.2) is 34.4 Å². The minimum absolute atomic E-state index is 0.00255. The monoisotopic (exact) mass is 232 g/mol. The number of hydrogen-bond acceptors (Lipinski definition) is 2.